The number of hydrogen-bond donors (Lipinski definition) is 2. The molecule has 2 heterocycles. The Morgan fingerprint density at radius 1 is 0.659 bits per heavy atom. The molecule has 8 nitrogen and oxygen atoms in total. The number of fused-ring (bicyclic) bond motifs is 2. The molecule has 2 aromatic carbocycles. The van der Waals surface area contributed by atoms with Crippen molar-refractivity contribution in [3.8, 4) is 0 Å². The average Bonchev–Trinajstić information content (AvgIpc) is 3.04. The summed E-state index contributed by atoms with van der Waals surface area (Å²) in [4.78, 5) is 39.5. The van der Waals surface area contributed by atoms with Crippen LogP contribution in [0.25, 0.3) is 21.8 Å². The van der Waals surface area contributed by atoms with Crippen molar-refractivity contribution in [1.82, 2.24) is 19.9 Å². The monoisotopic (exact) mass is 636 g/mol. The lowest BCUT2D eigenvalue weighted by atomic mass is 9.97. The molecule has 0 aliphatic heterocycles. The van der Waals surface area contributed by atoms with Gasteiger partial charge in [-0.25, -0.2) is 9.97 Å². The minimum atomic E-state index is -0.0348. The minimum Gasteiger partial charge on any atom is -0.381 e. The van der Waals surface area contributed by atoms with E-state index in [9.17, 15) is 9.59 Å². The molecule has 2 N–H and O–H groups in total. The van der Waals surface area contributed by atoms with E-state index in [1.165, 1.54) is 25.7 Å². The molecule has 2 fully saturated rings. The van der Waals surface area contributed by atoms with Gasteiger partial charge in [-0.15, -0.1) is 0 Å². The molecule has 2 saturated carbocycles. The summed E-state index contributed by atoms with van der Waals surface area (Å²) in [5, 5.41) is 2.64. The van der Waals surface area contributed by atoms with Gasteiger partial charge in [0.2, 0.25) is 0 Å². The first kappa shape index (κ1) is 32.7. The van der Waals surface area contributed by atoms with E-state index in [1.807, 2.05) is 73.8 Å². The highest BCUT2D eigenvalue weighted by Gasteiger charge is 2.22. The van der Waals surface area contributed by atoms with E-state index >= 15 is 0 Å². The van der Waals surface area contributed by atoms with E-state index in [0.717, 1.165) is 71.0 Å². The number of para-hydroxylation sites is 2. The zero-order chi connectivity index (χ0) is 31.1. The maximum Gasteiger partial charge on any atom is 0.258 e. The first-order valence-corrected chi connectivity index (χ1v) is 17.7. The van der Waals surface area contributed by atoms with Gasteiger partial charge in [-0.3, -0.25) is 9.59 Å². The molecule has 6 rings (SSSR count). The van der Waals surface area contributed by atoms with E-state index in [1.54, 1.807) is 14.2 Å². The smallest absolute Gasteiger partial charge is 0.258 e. The Balaban J connectivity index is 0.000000175. The molecule has 0 amide bonds. The summed E-state index contributed by atoms with van der Waals surface area (Å²) in [6.45, 7) is 4.00. The standard InChI is InChI=1S/2C17H22N2O2S/c2*1-11-4-3-5-14-16(11)18-15(19-17(14)20)10-22-13-8-6-12(21-2)7-9-13/h2*3-5,12-13H,6-10H2,1-2H3,(H,18,19,20). The Morgan fingerprint density at radius 3 is 1.41 bits per heavy atom. The fraction of sp³-hybridized carbons (Fsp3) is 0.529. The van der Waals surface area contributed by atoms with Crippen LogP contribution in [0.15, 0.2) is 46.0 Å². The van der Waals surface area contributed by atoms with Crippen LogP contribution in [0.1, 0.15) is 74.1 Å². The molecule has 44 heavy (non-hydrogen) atoms. The van der Waals surface area contributed by atoms with Crippen LogP contribution in [0.5, 0.6) is 0 Å². The Labute approximate surface area is 267 Å². The van der Waals surface area contributed by atoms with Gasteiger partial charge in [-0.05, 0) is 88.5 Å². The average molecular weight is 637 g/mol. The Bertz CT molecular complexity index is 1530. The summed E-state index contributed by atoms with van der Waals surface area (Å²) < 4.78 is 10.8. The molecule has 0 saturated heterocycles. The van der Waals surface area contributed by atoms with E-state index in [4.69, 9.17) is 9.47 Å². The largest absolute Gasteiger partial charge is 0.381 e. The number of aryl methyl sites for hydroxylation is 2. The molecular formula is C34H44N4O4S2. The number of H-pyrrole nitrogens is 2. The predicted octanol–water partition coefficient (Wildman–Crippen LogP) is 6.84. The fourth-order valence-electron chi connectivity index (χ4n) is 6.10. The van der Waals surface area contributed by atoms with Gasteiger partial charge in [0.1, 0.15) is 11.6 Å². The molecule has 2 aliphatic rings. The summed E-state index contributed by atoms with van der Waals surface area (Å²) >= 11 is 3.80. The molecule has 236 valence electrons. The van der Waals surface area contributed by atoms with Gasteiger partial charge in [0, 0.05) is 24.7 Å². The van der Waals surface area contributed by atoms with Crippen LogP contribution in [0.4, 0.5) is 0 Å². The lowest BCUT2D eigenvalue weighted by molar-refractivity contribution is 0.0722. The number of hydrogen-bond acceptors (Lipinski definition) is 8. The van der Waals surface area contributed by atoms with Crippen molar-refractivity contribution in [2.75, 3.05) is 14.2 Å². The molecular weight excluding hydrogens is 593 g/mol. The summed E-state index contributed by atoms with van der Waals surface area (Å²) in [6.07, 6.45) is 10.1. The number of nitrogens with zero attached hydrogens (tertiary/aromatic N) is 2. The molecule has 2 aromatic heterocycles. The zero-order valence-corrected chi connectivity index (χ0v) is 27.8. The van der Waals surface area contributed by atoms with E-state index in [0.29, 0.717) is 33.5 Å². The second-order valence-corrected chi connectivity index (χ2v) is 14.4. The third-order valence-corrected chi connectivity index (χ3v) is 11.6. The van der Waals surface area contributed by atoms with Gasteiger partial charge < -0.3 is 19.4 Å². The SMILES string of the molecule is COC1CCC(SCc2nc3c(C)cccc3c(=O)[nH]2)CC1.COC1CCC(SCc2nc3c(C)cccc3c(=O)[nH]2)CC1. The van der Waals surface area contributed by atoms with Crippen LogP contribution < -0.4 is 11.1 Å². The molecule has 10 heteroatoms. The molecule has 2 aliphatic carbocycles. The van der Waals surface area contributed by atoms with Crippen molar-refractivity contribution < 1.29 is 9.47 Å². The maximum absolute atomic E-state index is 12.2. The summed E-state index contributed by atoms with van der Waals surface area (Å²) in [5.74, 6) is 3.10. The lowest BCUT2D eigenvalue weighted by Gasteiger charge is -2.26. The highest BCUT2D eigenvalue weighted by atomic mass is 32.2. The third-order valence-electron chi connectivity index (χ3n) is 8.79. The fourth-order valence-corrected chi connectivity index (χ4v) is 8.37. The molecule has 0 spiro atoms. The molecule has 0 atom stereocenters. The topological polar surface area (TPSA) is 110 Å². The molecule has 0 radical (unpaired) electrons. The molecule has 0 unspecified atom stereocenters. The number of benzene rings is 2. The van der Waals surface area contributed by atoms with Crippen LogP contribution >= 0.6 is 23.5 Å². The zero-order valence-electron chi connectivity index (χ0n) is 26.2. The second-order valence-electron chi connectivity index (χ2n) is 11.9. The predicted molar refractivity (Wildman–Crippen MR) is 183 cm³/mol. The summed E-state index contributed by atoms with van der Waals surface area (Å²) in [7, 11) is 3.59. The number of nitrogens with one attached hydrogen (secondary N) is 2. The summed E-state index contributed by atoms with van der Waals surface area (Å²) in [5.41, 5.74) is 3.68. The maximum atomic E-state index is 12.2. The number of thioether (sulfide) groups is 2. The van der Waals surface area contributed by atoms with Crippen LogP contribution in [0.3, 0.4) is 0 Å². The van der Waals surface area contributed by atoms with Gasteiger partial charge in [-0.1, -0.05) is 24.3 Å². The van der Waals surface area contributed by atoms with Gasteiger partial charge in [0.15, 0.2) is 0 Å². The first-order valence-electron chi connectivity index (χ1n) is 15.6. The van der Waals surface area contributed by atoms with Crippen molar-refractivity contribution in [1.29, 1.82) is 0 Å². The normalized spacial score (nSPS) is 22.1. The van der Waals surface area contributed by atoms with Gasteiger partial charge in [0.05, 0.1) is 45.5 Å². The van der Waals surface area contributed by atoms with Crippen molar-refractivity contribution in [2.45, 2.75) is 99.4 Å². The van der Waals surface area contributed by atoms with E-state index in [-0.39, 0.29) is 11.1 Å². The number of rotatable bonds is 8. The van der Waals surface area contributed by atoms with Gasteiger partial charge in [0.25, 0.3) is 11.1 Å². The van der Waals surface area contributed by atoms with Crippen molar-refractivity contribution in [3.63, 3.8) is 0 Å². The van der Waals surface area contributed by atoms with Crippen LogP contribution in [-0.4, -0.2) is 56.9 Å². The highest BCUT2D eigenvalue weighted by Crippen LogP contribution is 2.32. The summed E-state index contributed by atoms with van der Waals surface area (Å²) in [6, 6.07) is 11.5. The highest BCUT2D eigenvalue weighted by molar-refractivity contribution is 7.99. The molecule has 0 bridgehead atoms. The number of ether oxygens (including phenoxy) is 2. The Morgan fingerprint density at radius 2 is 1.05 bits per heavy atom. The molecule has 4 aromatic rings. The third kappa shape index (κ3) is 8.33. The first-order chi connectivity index (χ1) is 21.3. The van der Waals surface area contributed by atoms with Crippen molar-refractivity contribution in [3.05, 3.63) is 79.9 Å². The minimum absolute atomic E-state index is 0.0348. The van der Waals surface area contributed by atoms with Crippen molar-refractivity contribution >= 4 is 45.3 Å². The van der Waals surface area contributed by atoms with E-state index in [2.05, 4.69) is 19.9 Å². The van der Waals surface area contributed by atoms with Gasteiger partial charge >= 0.3 is 0 Å². The number of aromatic amines is 2. The Hall–Kier alpha value is -2.66. The lowest BCUT2D eigenvalue weighted by Crippen LogP contribution is -2.22. The quantitative estimate of drug-likeness (QED) is 0.216. The van der Waals surface area contributed by atoms with Crippen molar-refractivity contribution in [2.24, 2.45) is 0 Å². The van der Waals surface area contributed by atoms with Gasteiger partial charge in [-0.2, -0.15) is 23.5 Å². The van der Waals surface area contributed by atoms with Crippen LogP contribution in [0.2, 0.25) is 0 Å². The Kier molecular flexibility index (Phi) is 11.6. The van der Waals surface area contributed by atoms with E-state index < -0.39 is 0 Å². The number of methoxy groups -OCH3 is 2. The van der Waals surface area contributed by atoms with Crippen LogP contribution in [-0.2, 0) is 21.0 Å². The van der Waals surface area contributed by atoms with Crippen LogP contribution in [0, 0.1) is 13.8 Å². The second kappa shape index (κ2) is 15.6. The number of aromatic nitrogens is 4.